The Hall–Kier alpha value is -0.870. The molecule has 0 saturated carbocycles. The van der Waals surface area contributed by atoms with Gasteiger partial charge in [-0.2, -0.15) is 0 Å². The summed E-state index contributed by atoms with van der Waals surface area (Å²) in [6, 6.07) is 0. The minimum atomic E-state index is -2.41. The van der Waals surface area contributed by atoms with Gasteiger partial charge in [0, 0.05) is 12.5 Å². The zero-order valence-corrected chi connectivity index (χ0v) is 8.20. The molecule has 0 aliphatic carbocycles. The van der Waals surface area contributed by atoms with Crippen LogP contribution >= 0.6 is 0 Å². The Labute approximate surface area is 77.8 Å². The van der Waals surface area contributed by atoms with Crippen molar-refractivity contribution in [3.63, 3.8) is 0 Å². The summed E-state index contributed by atoms with van der Waals surface area (Å²) >= 11 is 0. The van der Waals surface area contributed by atoms with Crippen LogP contribution in [0.15, 0.2) is 12.7 Å². The van der Waals surface area contributed by atoms with Gasteiger partial charge in [0.25, 0.3) is 0 Å². The van der Waals surface area contributed by atoms with Gasteiger partial charge in [-0.25, -0.2) is 4.79 Å². The lowest BCUT2D eigenvalue weighted by Gasteiger charge is -2.28. The molecular formula is C9H16O4. The van der Waals surface area contributed by atoms with E-state index >= 15 is 0 Å². The van der Waals surface area contributed by atoms with Gasteiger partial charge in [-0.1, -0.05) is 27.4 Å². The molecule has 0 aliphatic rings. The van der Waals surface area contributed by atoms with Crippen molar-refractivity contribution in [3.05, 3.63) is 12.7 Å². The van der Waals surface area contributed by atoms with Gasteiger partial charge < -0.3 is 14.9 Å². The molecule has 4 heteroatoms. The second-order valence-electron chi connectivity index (χ2n) is 4.11. The SMILES string of the molecule is C=CC(=O)OC(O)(O)CC(C)(C)C. The second-order valence-corrected chi connectivity index (χ2v) is 4.11. The molecule has 0 saturated heterocycles. The quantitative estimate of drug-likeness (QED) is 0.390. The van der Waals surface area contributed by atoms with Crippen molar-refractivity contribution in [1.82, 2.24) is 0 Å². The van der Waals surface area contributed by atoms with E-state index in [0.29, 0.717) is 0 Å². The Balaban J connectivity index is 4.24. The van der Waals surface area contributed by atoms with E-state index in [2.05, 4.69) is 11.3 Å². The van der Waals surface area contributed by atoms with E-state index < -0.39 is 11.9 Å². The van der Waals surface area contributed by atoms with Gasteiger partial charge in [-0.05, 0) is 5.41 Å². The molecule has 0 aromatic rings. The normalized spacial score (nSPS) is 12.4. The van der Waals surface area contributed by atoms with Crippen LogP contribution in [0.3, 0.4) is 0 Å². The van der Waals surface area contributed by atoms with Gasteiger partial charge in [0.2, 0.25) is 0 Å². The summed E-state index contributed by atoms with van der Waals surface area (Å²) < 4.78 is 4.32. The third-order valence-corrected chi connectivity index (χ3v) is 1.19. The van der Waals surface area contributed by atoms with Crippen molar-refractivity contribution < 1.29 is 19.7 Å². The second kappa shape index (κ2) is 3.89. The Morgan fingerprint density at radius 2 is 1.92 bits per heavy atom. The van der Waals surface area contributed by atoms with Crippen LogP contribution in [-0.4, -0.2) is 22.2 Å². The van der Waals surface area contributed by atoms with Gasteiger partial charge in [-0.3, -0.25) is 0 Å². The van der Waals surface area contributed by atoms with Crippen LogP contribution in [0.5, 0.6) is 0 Å². The highest BCUT2D eigenvalue weighted by molar-refractivity contribution is 5.81. The summed E-state index contributed by atoms with van der Waals surface area (Å²) in [6.45, 7) is 8.55. The van der Waals surface area contributed by atoms with Crippen molar-refractivity contribution in [3.8, 4) is 0 Å². The lowest BCUT2D eigenvalue weighted by Crippen LogP contribution is -2.38. The first-order valence-corrected chi connectivity index (χ1v) is 3.96. The summed E-state index contributed by atoms with van der Waals surface area (Å²) in [4.78, 5) is 10.7. The van der Waals surface area contributed by atoms with Crippen molar-refractivity contribution in [2.45, 2.75) is 33.2 Å². The first-order valence-electron chi connectivity index (χ1n) is 3.96. The number of carbonyl (C=O) groups is 1. The molecule has 0 unspecified atom stereocenters. The standard InChI is InChI=1S/C9H16O4/c1-5-7(10)13-9(11,12)6-8(2,3)4/h5,11-12H,1,6H2,2-4H3. The number of esters is 1. The molecule has 0 amide bonds. The molecule has 0 rings (SSSR count). The summed E-state index contributed by atoms with van der Waals surface area (Å²) in [5, 5.41) is 18.4. The zero-order chi connectivity index (χ0) is 10.7. The molecule has 13 heavy (non-hydrogen) atoms. The molecule has 2 N–H and O–H groups in total. The van der Waals surface area contributed by atoms with E-state index in [9.17, 15) is 15.0 Å². The molecule has 0 heterocycles. The number of aliphatic hydroxyl groups is 2. The lowest BCUT2D eigenvalue weighted by atomic mass is 9.91. The first kappa shape index (κ1) is 12.1. The first-order chi connectivity index (χ1) is 5.66. The molecular weight excluding hydrogens is 172 g/mol. The molecule has 0 spiro atoms. The fourth-order valence-corrected chi connectivity index (χ4v) is 0.930. The molecule has 0 bridgehead atoms. The van der Waals surface area contributed by atoms with Gasteiger partial charge in [0.1, 0.15) is 0 Å². The van der Waals surface area contributed by atoms with Crippen molar-refractivity contribution in [1.29, 1.82) is 0 Å². The Morgan fingerprint density at radius 1 is 1.46 bits per heavy atom. The minimum absolute atomic E-state index is 0.0560. The van der Waals surface area contributed by atoms with E-state index in [-0.39, 0.29) is 11.8 Å². The molecule has 0 aromatic heterocycles. The summed E-state index contributed by atoms with van der Waals surface area (Å²) in [7, 11) is 0. The highest BCUT2D eigenvalue weighted by Gasteiger charge is 2.33. The van der Waals surface area contributed by atoms with Gasteiger partial charge in [-0.15, -0.1) is 0 Å². The highest BCUT2D eigenvalue weighted by atomic mass is 16.8. The highest BCUT2D eigenvalue weighted by Crippen LogP contribution is 2.26. The maximum Gasteiger partial charge on any atom is 0.334 e. The number of carbonyl (C=O) groups excluding carboxylic acids is 1. The van der Waals surface area contributed by atoms with Crippen molar-refractivity contribution in [2.24, 2.45) is 5.41 Å². The minimum Gasteiger partial charge on any atom is -0.405 e. The Kier molecular flexibility index (Phi) is 3.63. The maximum absolute atomic E-state index is 10.7. The van der Waals surface area contributed by atoms with Gasteiger partial charge in [0.05, 0.1) is 0 Å². The van der Waals surface area contributed by atoms with Crippen molar-refractivity contribution in [2.75, 3.05) is 0 Å². The van der Waals surface area contributed by atoms with Crippen LogP contribution in [0.4, 0.5) is 0 Å². The predicted molar refractivity (Wildman–Crippen MR) is 47.5 cm³/mol. The van der Waals surface area contributed by atoms with E-state index in [1.807, 2.05) is 0 Å². The third kappa shape index (κ3) is 6.31. The molecule has 0 aromatic carbocycles. The maximum atomic E-state index is 10.7. The topological polar surface area (TPSA) is 66.8 Å². The zero-order valence-electron chi connectivity index (χ0n) is 8.20. The van der Waals surface area contributed by atoms with Crippen molar-refractivity contribution >= 4 is 5.97 Å². The van der Waals surface area contributed by atoms with Crippen LogP contribution in [0.2, 0.25) is 0 Å². The van der Waals surface area contributed by atoms with Crippen LogP contribution in [0, 0.1) is 5.41 Å². The number of hydrogen-bond donors (Lipinski definition) is 2. The van der Waals surface area contributed by atoms with E-state index in [0.717, 1.165) is 6.08 Å². The van der Waals surface area contributed by atoms with E-state index in [1.54, 1.807) is 20.8 Å². The smallest absolute Gasteiger partial charge is 0.334 e. The van der Waals surface area contributed by atoms with Crippen LogP contribution < -0.4 is 0 Å². The Bertz CT molecular complexity index is 200. The monoisotopic (exact) mass is 188 g/mol. The summed E-state index contributed by atoms with van der Waals surface area (Å²) in [5.41, 5.74) is -0.342. The number of hydrogen-bond acceptors (Lipinski definition) is 4. The third-order valence-electron chi connectivity index (χ3n) is 1.19. The fourth-order valence-electron chi connectivity index (χ4n) is 0.930. The Morgan fingerprint density at radius 3 is 2.23 bits per heavy atom. The molecule has 0 fully saturated rings. The summed E-state index contributed by atoms with van der Waals surface area (Å²) in [6.07, 6.45) is 0.823. The predicted octanol–water partition coefficient (Wildman–Crippen LogP) is 0.790. The van der Waals surface area contributed by atoms with Crippen LogP contribution in [0.1, 0.15) is 27.2 Å². The summed E-state index contributed by atoms with van der Waals surface area (Å²) in [5.74, 6) is -3.27. The molecule has 0 radical (unpaired) electrons. The molecule has 4 nitrogen and oxygen atoms in total. The van der Waals surface area contributed by atoms with E-state index in [4.69, 9.17) is 0 Å². The molecule has 0 aliphatic heterocycles. The fraction of sp³-hybridized carbons (Fsp3) is 0.667. The number of rotatable bonds is 3. The van der Waals surface area contributed by atoms with Gasteiger partial charge in [0.15, 0.2) is 0 Å². The molecule has 0 atom stereocenters. The average Bonchev–Trinajstić information content (AvgIpc) is 1.80. The van der Waals surface area contributed by atoms with E-state index in [1.165, 1.54) is 0 Å². The lowest BCUT2D eigenvalue weighted by molar-refractivity contribution is -0.328. The van der Waals surface area contributed by atoms with Crippen LogP contribution in [-0.2, 0) is 9.53 Å². The molecule has 76 valence electrons. The van der Waals surface area contributed by atoms with Crippen LogP contribution in [0.25, 0.3) is 0 Å². The largest absolute Gasteiger partial charge is 0.405 e. The van der Waals surface area contributed by atoms with Gasteiger partial charge >= 0.3 is 11.9 Å². The number of ether oxygens (including phenoxy) is 1. The average molecular weight is 188 g/mol.